The molecule has 0 spiro atoms. The second-order valence-corrected chi connectivity index (χ2v) is 5.20. The van der Waals surface area contributed by atoms with Crippen LogP contribution in [0.4, 0.5) is 4.79 Å². The number of methoxy groups -OCH3 is 1. The van der Waals surface area contributed by atoms with Gasteiger partial charge in [0.25, 0.3) is 0 Å². The van der Waals surface area contributed by atoms with Crippen LogP contribution in [0.1, 0.15) is 24.0 Å². The number of nitrogens with zero attached hydrogens (tertiary/aromatic N) is 1. The van der Waals surface area contributed by atoms with Crippen LogP contribution in [-0.4, -0.2) is 37.2 Å². The lowest BCUT2D eigenvalue weighted by atomic mass is 10.0. The summed E-state index contributed by atoms with van der Waals surface area (Å²) in [6.45, 7) is 5.02. The van der Waals surface area contributed by atoms with Gasteiger partial charge in [-0.1, -0.05) is 29.8 Å². The lowest BCUT2D eigenvalue weighted by molar-refractivity contribution is 0.145. The molecule has 0 bridgehead atoms. The Morgan fingerprint density at radius 2 is 2.16 bits per heavy atom. The average molecular weight is 262 g/mol. The first kappa shape index (κ1) is 13.9. The van der Waals surface area contributed by atoms with E-state index in [9.17, 15) is 4.79 Å². The Hall–Kier alpha value is -1.55. The highest BCUT2D eigenvalue weighted by Gasteiger charge is 2.21. The number of hydrogen-bond donors (Lipinski definition) is 1. The van der Waals surface area contributed by atoms with Gasteiger partial charge in [-0.15, -0.1) is 0 Å². The van der Waals surface area contributed by atoms with Crippen LogP contribution in [0.3, 0.4) is 0 Å². The largest absolute Gasteiger partial charge is 0.453 e. The van der Waals surface area contributed by atoms with Gasteiger partial charge in [-0.25, -0.2) is 4.79 Å². The van der Waals surface area contributed by atoms with Gasteiger partial charge >= 0.3 is 6.09 Å². The summed E-state index contributed by atoms with van der Waals surface area (Å²) in [5.41, 5.74) is 2.61. The van der Waals surface area contributed by atoms with Gasteiger partial charge in [-0.3, -0.25) is 4.90 Å². The van der Waals surface area contributed by atoms with Gasteiger partial charge < -0.3 is 10.1 Å². The first-order valence-corrected chi connectivity index (χ1v) is 6.80. The molecule has 1 heterocycles. The molecule has 1 amide bonds. The van der Waals surface area contributed by atoms with Crippen molar-refractivity contribution in [3.05, 3.63) is 35.4 Å². The minimum absolute atomic E-state index is 0.201. The SMILES string of the molecule is COC(=O)NC1CCCN(Cc2ccc(C)cc2)C1. The molecule has 1 fully saturated rings. The van der Waals surface area contributed by atoms with Crippen molar-refractivity contribution in [3.8, 4) is 0 Å². The van der Waals surface area contributed by atoms with Gasteiger partial charge in [-0.2, -0.15) is 0 Å². The summed E-state index contributed by atoms with van der Waals surface area (Å²) in [5, 5.41) is 2.89. The summed E-state index contributed by atoms with van der Waals surface area (Å²) in [7, 11) is 1.40. The second-order valence-electron chi connectivity index (χ2n) is 5.20. The van der Waals surface area contributed by atoms with E-state index >= 15 is 0 Å². The zero-order valence-electron chi connectivity index (χ0n) is 11.7. The molecule has 4 heteroatoms. The van der Waals surface area contributed by atoms with Gasteiger partial charge in [0.15, 0.2) is 0 Å². The fourth-order valence-electron chi connectivity index (χ4n) is 2.49. The predicted octanol–water partition coefficient (Wildman–Crippen LogP) is 2.32. The van der Waals surface area contributed by atoms with Crippen molar-refractivity contribution in [1.29, 1.82) is 0 Å². The van der Waals surface area contributed by atoms with Gasteiger partial charge in [0.1, 0.15) is 0 Å². The normalized spacial score (nSPS) is 20.0. The lowest BCUT2D eigenvalue weighted by Gasteiger charge is -2.32. The number of alkyl carbamates (subject to hydrolysis) is 1. The van der Waals surface area contributed by atoms with Crippen molar-refractivity contribution < 1.29 is 9.53 Å². The van der Waals surface area contributed by atoms with E-state index in [-0.39, 0.29) is 12.1 Å². The molecule has 0 radical (unpaired) electrons. The van der Waals surface area contributed by atoms with Gasteiger partial charge in [0.05, 0.1) is 7.11 Å². The van der Waals surface area contributed by atoms with Crippen LogP contribution >= 0.6 is 0 Å². The number of rotatable bonds is 3. The van der Waals surface area contributed by atoms with Crippen LogP contribution in [0.15, 0.2) is 24.3 Å². The molecule has 1 unspecified atom stereocenters. The van der Waals surface area contributed by atoms with Gasteiger partial charge in [0.2, 0.25) is 0 Å². The lowest BCUT2D eigenvalue weighted by Crippen LogP contribution is -2.47. The summed E-state index contributed by atoms with van der Waals surface area (Å²) >= 11 is 0. The van der Waals surface area contributed by atoms with Crippen LogP contribution in [0.25, 0.3) is 0 Å². The fourth-order valence-corrected chi connectivity index (χ4v) is 2.49. The zero-order valence-corrected chi connectivity index (χ0v) is 11.7. The zero-order chi connectivity index (χ0) is 13.7. The van der Waals surface area contributed by atoms with E-state index in [0.717, 1.165) is 32.5 Å². The van der Waals surface area contributed by atoms with E-state index in [1.54, 1.807) is 0 Å². The van der Waals surface area contributed by atoms with Crippen molar-refractivity contribution in [2.45, 2.75) is 32.4 Å². The van der Waals surface area contributed by atoms with Crippen molar-refractivity contribution >= 4 is 6.09 Å². The number of amides is 1. The number of piperidine rings is 1. The average Bonchev–Trinajstić information content (AvgIpc) is 2.42. The van der Waals surface area contributed by atoms with Crippen molar-refractivity contribution in [1.82, 2.24) is 10.2 Å². The van der Waals surface area contributed by atoms with E-state index in [1.165, 1.54) is 18.2 Å². The Balaban J connectivity index is 1.87. The third kappa shape index (κ3) is 4.24. The Labute approximate surface area is 114 Å². The molecular weight excluding hydrogens is 240 g/mol. The molecule has 0 saturated carbocycles. The maximum absolute atomic E-state index is 11.2. The quantitative estimate of drug-likeness (QED) is 0.909. The van der Waals surface area contributed by atoms with E-state index in [0.29, 0.717) is 0 Å². The summed E-state index contributed by atoms with van der Waals surface area (Å²) in [6.07, 6.45) is 1.81. The molecule has 1 aromatic rings. The third-order valence-electron chi connectivity index (χ3n) is 3.54. The monoisotopic (exact) mass is 262 g/mol. The van der Waals surface area contributed by atoms with E-state index in [4.69, 9.17) is 0 Å². The first-order chi connectivity index (χ1) is 9.17. The molecule has 1 aromatic carbocycles. The fraction of sp³-hybridized carbons (Fsp3) is 0.533. The molecule has 0 aliphatic carbocycles. The van der Waals surface area contributed by atoms with E-state index < -0.39 is 0 Å². The number of likely N-dealkylation sites (tertiary alicyclic amines) is 1. The number of benzene rings is 1. The molecule has 1 atom stereocenters. The van der Waals surface area contributed by atoms with Crippen molar-refractivity contribution in [3.63, 3.8) is 0 Å². The minimum Gasteiger partial charge on any atom is -0.453 e. The molecule has 19 heavy (non-hydrogen) atoms. The molecule has 1 N–H and O–H groups in total. The summed E-state index contributed by atoms with van der Waals surface area (Å²) in [4.78, 5) is 13.6. The third-order valence-corrected chi connectivity index (χ3v) is 3.54. The number of aryl methyl sites for hydroxylation is 1. The minimum atomic E-state index is -0.331. The van der Waals surface area contributed by atoms with Crippen LogP contribution in [0, 0.1) is 6.92 Å². The topological polar surface area (TPSA) is 41.6 Å². The molecule has 1 aliphatic heterocycles. The smallest absolute Gasteiger partial charge is 0.407 e. The standard InChI is InChI=1S/C15H22N2O2/c1-12-5-7-13(8-6-12)10-17-9-3-4-14(11-17)16-15(18)19-2/h5-8,14H,3-4,9-11H2,1-2H3,(H,16,18). The summed E-state index contributed by atoms with van der Waals surface area (Å²) in [5.74, 6) is 0. The molecule has 0 aromatic heterocycles. The summed E-state index contributed by atoms with van der Waals surface area (Å²) in [6, 6.07) is 8.83. The Kier molecular flexibility index (Phi) is 4.80. The van der Waals surface area contributed by atoms with Crippen LogP contribution in [0.2, 0.25) is 0 Å². The van der Waals surface area contributed by atoms with Crippen LogP contribution in [0.5, 0.6) is 0 Å². The van der Waals surface area contributed by atoms with Crippen molar-refractivity contribution in [2.75, 3.05) is 20.2 Å². The van der Waals surface area contributed by atoms with E-state index in [2.05, 4.69) is 46.1 Å². The highest BCUT2D eigenvalue weighted by atomic mass is 16.5. The number of carbonyl (C=O) groups excluding carboxylic acids is 1. The number of carbonyl (C=O) groups is 1. The molecular formula is C15H22N2O2. The van der Waals surface area contributed by atoms with Gasteiger partial charge in [0, 0.05) is 19.1 Å². The first-order valence-electron chi connectivity index (χ1n) is 6.80. The predicted molar refractivity (Wildman–Crippen MR) is 75.0 cm³/mol. The highest BCUT2D eigenvalue weighted by Crippen LogP contribution is 2.14. The maximum atomic E-state index is 11.2. The highest BCUT2D eigenvalue weighted by molar-refractivity contribution is 5.67. The number of nitrogens with one attached hydrogen (secondary N) is 1. The maximum Gasteiger partial charge on any atom is 0.407 e. The molecule has 1 saturated heterocycles. The van der Waals surface area contributed by atoms with Gasteiger partial charge in [-0.05, 0) is 31.9 Å². The molecule has 104 valence electrons. The van der Waals surface area contributed by atoms with Crippen molar-refractivity contribution in [2.24, 2.45) is 0 Å². The Morgan fingerprint density at radius 3 is 2.84 bits per heavy atom. The second kappa shape index (κ2) is 6.57. The van der Waals surface area contributed by atoms with Crippen LogP contribution in [-0.2, 0) is 11.3 Å². The molecule has 2 rings (SSSR count). The summed E-state index contributed by atoms with van der Waals surface area (Å²) < 4.78 is 4.65. The number of ether oxygens (including phenoxy) is 1. The number of hydrogen-bond acceptors (Lipinski definition) is 3. The Morgan fingerprint density at radius 1 is 1.42 bits per heavy atom. The van der Waals surface area contributed by atoms with E-state index in [1.807, 2.05) is 0 Å². The van der Waals surface area contributed by atoms with Crippen LogP contribution < -0.4 is 5.32 Å². The molecule has 4 nitrogen and oxygen atoms in total. The molecule has 1 aliphatic rings. The Bertz CT molecular complexity index is 417.